The van der Waals surface area contributed by atoms with Crippen molar-refractivity contribution in [2.75, 3.05) is 17.7 Å². The van der Waals surface area contributed by atoms with Gasteiger partial charge in [-0.3, -0.25) is 15.1 Å². The number of ether oxygens (including phenoxy) is 1. The minimum Gasteiger partial charge on any atom is -0.461 e. The summed E-state index contributed by atoms with van der Waals surface area (Å²) in [5.74, 6) is -0.981. The number of nitrogens with two attached hydrogens (primary N) is 1. The van der Waals surface area contributed by atoms with Crippen LogP contribution in [0, 0.1) is 0 Å². The first kappa shape index (κ1) is 13.9. The van der Waals surface area contributed by atoms with E-state index >= 15 is 0 Å². The Balaban J connectivity index is 2.13. The molecule has 8 heteroatoms. The number of rotatable bonds is 4. The number of hydrogen-bond acceptors (Lipinski definition) is 7. The van der Waals surface area contributed by atoms with Crippen LogP contribution in [0.15, 0.2) is 24.5 Å². The summed E-state index contributed by atoms with van der Waals surface area (Å²) in [6, 6.07) is 3.26. The number of nitrogen functional groups attached to an aromatic ring is 1. The fraction of sp³-hybridized carbons (Fsp3) is 0.167. The molecular formula is C12H12N4O3S. The molecule has 7 nitrogen and oxygen atoms in total. The molecule has 0 aliphatic carbocycles. The SMILES string of the molecule is CCOC(=O)c1nc(NC(=O)c2cccnc2)sc1N. The van der Waals surface area contributed by atoms with Crippen LogP contribution in [0.25, 0.3) is 0 Å². The van der Waals surface area contributed by atoms with Crippen LogP contribution >= 0.6 is 11.3 Å². The van der Waals surface area contributed by atoms with Crippen molar-refractivity contribution >= 4 is 33.3 Å². The predicted molar refractivity (Wildman–Crippen MR) is 74.7 cm³/mol. The number of pyridine rings is 1. The molecule has 104 valence electrons. The van der Waals surface area contributed by atoms with E-state index in [4.69, 9.17) is 10.5 Å². The standard InChI is InChI=1S/C12H12N4O3S/c1-2-19-11(18)8-9(13)20-12(15-8)16-10(17)7-4-3-5-14-6-7/h3-6H,2,13H2,1H3,(H,15,16,17). The van der Waals surface area contributed by atoms with Gasteiger partial charge in [0.2, 0.25) is 0 Å². The van der Waals surface area contributed by atoms with Gasteiger partial charge in [0.25, 0.3) is 5.91 Å². The van der Waals surface area contributed by atoms with E-state index in [0.717, 1.165) is 11.3 Å². The molecule has 2 aromatic heterocycles. The molecule has 0 spiro atoms. The van der Waals surface area contributed by atoms with Gasteiger partial charge in [-0.25, -0.2) is 9.78 Å². The number of hydrogen-bond donors (Lipinski definition) is 2. The Morgan fingerprint density at radius 2 is 2.30 bits per heavy atom. The molecule has 0 radical (unpaired) electrons. The molecule has 0 unspecified atom stereocenters. The van der Waals surface area contributed by atoms with Crippen molar-refractivity contribution in [1.29, 1.82) is 0 Å². The summed E-state index contributed by atoms with van der Waals surface area (Å²) in [7, 11) is 0. The van der Waals surface area contributed by atoms with Crippen LogP contribution in [0.1, 0.15) is 27.8 Å². The van der Waals surface area contributed by atoms with Gasteiger partial charge in [0.05, 0.1) is 12.2 Å². The lowest BCUT2D eigenvalue weighted by Gasteiger charge is -2.00. The maximum absolute atomic E-state index is 11.9. The Kier molecular flexibility index (Phi) is 4.26. The van der Waals surface area contributed by atoms with Crippen molar-refractivity contribution in [2.24, 2.45) is 0 Å². The van der Waals surface area contributed by atoms with E-state index in [1.807, 2.05) is 0 Å². The third kappa shape index (κ3) is 3.09. The third-order valence-corrected chi connectivity index (χ3v) is 3.07. The molecule has 0 aromatic carbocycles. The van der Waals surface area contributed by atoms with Crippen molar-refractivity contribution in [2.45, 2.75) is 6.92 Å². The van der Waals surface area contributed by atoms with Gasteiger partial charge in [-0.15, -0.1) is 0 Å². The van der Waals surface area contributed by atoms with Crippen LogP contribution in [0.5, 0.6) is 0 Å². The number of carbonyl (C=O) groups is 2. The van der Waals surface area contributed by atoms with Gasteiger partial charge in [0.15, 0.2) is 10.8 Å². The van der Waals surface area contributed by atoms with Gasteiger partial charge in [0.1, 0.15) is 5.00 Å². The lowest BCUT2D eigenvalue weighted by atomic mass is 10.3. The highest BCUT2D eigenvalue weighted by molar-refractivity contribution is 7.19. The van der Waals surface area contributed by atoms with E-state index in [0.29, 0.717) is 5.56 Å². The van der Waals surface area contributed by atoms with E-state index in [9.17, 15) is 9.59 Å². The maximum Gasteiger partial charge on any atom is 0.360 e. The van der Waals surface area contributed by atoms with E-state index < -0.39 is 5.97 Å². The van der Waals surface area contributed by atoms with Gasteiger partial charge in [0, 0.05) is 12.4 Å². The van der Waals surface area contributed by atoms with Crippen molar-refractivity contribution in [3.8, 4) is 0 Å². The molecule has 3 N–H and O–H groups in total. The number of anilines is 2. The maximum atomic E-state index is 11.9. The van der Waals surface area contributed by atoms with Crippen LogP contribution in [0.2, 0.25) is 0 Å². The lowest BCUT2D eigenvalue weighted by Crippen LogP contribution is -2.12. The smallest absolute Gasteiger partial charge is 0.360 e. The monoisotopic (exact) mass is 292 g/mol. The lowest BCUT2D eigenvalue weighted by molar-refractivity contribution is 0.0521. The zero-order valence-corrected chi connectivity index (χ0v) is 11.4. The molecule has 2 rings (SSSR count). The second kappa shape index (κ2) is 6.11. The topological polar surface area (TPSA) is 107 Å². The summed E-state index contributed by atoms with van der Waals surface area (Å²) in [6.45, 7) is 1.92. The molecule has 20 heavy (non-hydrogen) atoms. The van der Waals surface area contributed by atoms with Crippen LogP contribution in [0.3, 0.4) is 0 Å². The number of nitrogens with one attached hydrogen (secondary N) is 1. The average molecular weight is 292 g/mol. The second-order valence-corrected chi connectivity index (χ2v) is 4.68. The Morgan fingerprint density at radius 3 is 2.95 bits per heavy atom. The van der Waals surface area contributed by atoms with Gasteiger partial charge in [-0.1, -0.05) is 11.3 Å². The summed E-state index contributed by atoms with van der Waals surface area (Å²) in [6.07, 6.45) is 3.00. The molecule has 0 aliphatic heterocycles. The van der Waals surface area contributed by atoms with Crippen molar-refractivity contribution < 1.29 is 14.3 Å². The van der Waals surface area contributed by atoms with E-state index in [-0.39, 0.29) is 28.3 Å². The summed E-state index contributed by atoms with van der Waals surface area (Å²) < 4.78 is 4.81. The zero-order valence-electron chi connectivity index (χ0n) is 10.6. The fourth-order valence-corrected chi connectivity index (χ4v) is 2.11. The van der Waals surface area contributed by atoms with E-state index in [1.54, 1.807) is 25.3 Å². The first-order valence-corrected chi connectivity index (χ1v) is 6.58. The van der Waals surface area contributed by atoms with Gasteiger partial charge < -0.3 is 10.5 Å². The molecule has 0 saturated carbocycles. The molecule has 0 atom stereocenters. The number of aromatic nitrogens is 2. The van der Waals surface area contributed by atoms with Crippen LogP contribution in [-0.2, 0) is 4.74 Å². The molecule has 0 aliphatic rings. The molecule has 0 bridgehead atoms. The van der Waals surface area contributed by atoms with Crippen LogP contribution in [-0.4, -0.2) is 28.5 Å². The average Bonchev–Trinajstić information content (AvgIpc) is 2.81. The van der Waals surface area contributed by atoms with Crippen molar-refractivity contribution in [1.82, 2.24) is 9.97 Å². The first-order chi connectivity index (χ1) is 9.61. The summed E-state index contributed by atoms with van der Waals surface area (Å²) in [5.41, 5.74) is 6.08. The largest absolute Gasteiger partial charge is 0.461 e. The van der Waals surface area contributed by atoms with E-state index in [1.165, 1.54) is 6.20 Å². The molecule has 2 heterocycles. The number of nitrogens with zero attached hydrogens (tertiary/aromatic N) is 2. The fourth-order valence-electron chi connectivity index (χ4n) is 1.40. The summed E-state index contributed by atoms with van der Waals surface area (Å²) >= 11 is 1.01. The number of thiazole rings is 1. The van der Waals surface area contributed by atoms with Crippen molar-refractivity contribution in [3.63, 3.8) is 0 Å². The number of esters is 1. The Labute approximate surface area is 118 Å². The van der Waals surface area contributed by atoms with E-state index in [2.05, 4.69) is 15.3 Å². The Bertz CT molecular complexity index is 627. The predicted octanol–water partition coefficient (Wildman–Crippen LogP) is 1.55. The molecule has 0 saturated heterocycles. The second-order valence-electron chi connectivity index (χ2n) is 3.65. The zero-order chi connectivity index (χ0) is 14.5. The third-order valence-electron chi connectivity index (χ3n) is 2.27. The van der Waals surface area contributed by atoms with Gasteiger partial charge >= 0.3 is 5.97 Å². The highest BCUT2D eigenvalue weighted by Gasteiger charge is 2.18. The minimum absolute atomic E-state index is 0.0123. The summed E-state index contributed by atoms with van der Waals surface area (Å²) in [4.78, 5) is 31.2. The molecule has 2 aromatic rings. The van der Waals surface area contributed by atoms with Gasteiger partial charge in [-0.05, 0) is 19.1 Å². The minimum atomic E-state index is -0.608. The first-order valence-electron chi connectivity index (χ1n) is 5.76. The van der Waals surface area contributed by atoms with Crippen LogP contribution < -0.4 is 11.1 Å². The number of amides is 1. The Hall–Kier alpha value is -2.48. The van der Waals surface area contributed by atoms with Gasteiger partial charge in [-0.2, -0.15) is 0 Å². The van der Waals surface area contributed by atoms with Crippen molar-refractivity contribution in [3.05, 3.63) is 35.8 Å². The highest BCUT2D eigenvalue weighted by atomic mass is 32.1. The highest BCUT2D eigenvalue weighted by Crippen LogP contribution is 2.26. The summed E-state index contributed by atoms with van der Waals surface area (Å²) in [5, 5.41) is 2.99. The van der Waals surface area contributed by atoms with Crippen LogP contribution in [0.4, 0.5) is 10.1 Å². The quantitative estimate of drug-likeness (QED) is 0.828. The molecule has 1 amide bonds. The number of carbonyl (C=O) groups excluding carboxylic acids is 2. The Morgan fingerprint density at radius 1 is 1.50 bits per heavy atom. The molecule has 0 fully saturated rings. The molecular weight excluding hydrogens is 280 g/mol. The normalized spacial score (nSPS) is 10.1.